The molecule has 1 unspecified atom stereocenters. The van der Waals surface area contributed by atoms with Gasteiger partial charge in [-0.1, -0.05) is 6.58 Å². The van der Waals surface area contributed by atoms with Crippen LogP contribution in [-0.4, -0.2) is 30.6 Å². The van der Waals surface area contributed by atoms with Gasteiger partial charge in [-0.2, -0.15) is 0 Å². The molecule has 0 fully saturated rings. The average Bonchev–Trinajstić information content (AvgIpc) is 2.04. The van der Waals surface area contributed by atoms with Crippen molar-refractivity contribution in [3.63, 3.8) is 0 Å². The van der Waals surface area contributed by atoms with Gasteiger partial charge in [0.1, 0.15) is 0 Å². The summed E-state index contributed by atoms with van der Waals surface area (Å²) in [5.74, 6) is -1.91. The SMILES string of the molecule is C=C(CC(C)(OC)OCC)C(=O)O. The van der Waals surface area contributed by atoms with Crippen molar-refractivity contribution >= 4 is 5.97 Å². The molecule has 13 heavy (non-hydrogen) atoms. The maximum Gasteiger partial charge on any atom is 0.331 e. The molecule has 0 spiro atoms. The van der Waals surface area contributed by atoms with Crippen LogP contribution in [0.4, 0.5) is 0 Å². The highest BCUT2D eigenvalue weighted by molar-refractivity contribution is 5.85. The minimum Gasteiger partial charge on any atom is -0.478 e. The van der Waals surface area contributed by atoms with E-state index in [1.807, 2.05) is 6.92 Å². The van der Waals surface area contributed by atoms with Crippen molar-refractivity contribution in [1.29, 1.82) is 0 Å². The zero-order chi connectivity index (χ0) is 10.5. The predicted octanol–water partition coefficient (Wildman–Crippen LogP) is 1.42. The van der Waals surface area contributed by atoms with Gasteiger partial charge in [-0.15, -0.1) is 0 Å². The van der Waals surface area contributed by atoms with Crippen LogP contribution in [0.15, 0.2) is 12.2 Å². The van der Waals surface area contributed by atoms with Crippen LogP contribution in [0.1, 0.15) is 20.3 Å². The molecule has 0 amide bonds. The summed E-state index contributed by atoms with van der Waals surface area (Å²) >= 11 is 0. The van der Waals surface area contributed by atoms with Crippen LogP contribution in [0.3, 0.4) is 0 Å². The summed E-state index contributed by atoms with van der Waals surface area (Å²) in [5.41, 5.74) is 0.0813. The standard InChI is InChI=1S/C9H16O4/c1-5-13-9(3,12-4)6-7(2)8(10)11/h2,5-6H2,1,3-4H3,(H,10,11). The fraction of sp³-hybridized carbons (Fsp3) is 0.667. The van der Waals surface area contributed by atoms with Gasteiger partial charge in [-0.3, -0.25) is 0 Å². The number of methoxy groups -OCH3 is 1. The molecule has 0 aromatic rings. The second kappa shape index (κ2) is 4.99. The molecule has 0 aliphatic rings. The molecule has 1 atom stereocenters. The van der Waals surface area contributed by atoms with Crippen molar-refractivity contribution < 1.29 is 19.4 Å². The third-order valence-electron chi connectivity index (χ3n) is 1.72. The lowest BCUT2D eigenvalue weighted by molar-refractivity contribution is -0.207. The molecule has 0 aliphatic heterocycles. The Labute approximate surface area is 78.2 Å². The Kier molecular flexibility index (Phi) is 4.66. The maximum absolute atomic E-state index is 10.5. The van der Waals surface area contributed by atoms with Gasteiger partial charge in [0.15, 0.2) is 5.79 Å². The number of hydrogen-bond acceptors (Lipinski definition) is 3. The number of carboxylic acid groups (broad SMARTS) is 1. The van der Waals surface area contributed by atoms with Gasteiger partial charge < -0.3 is 14.6 Å². The van der Waals surface area contributed by atoms with E-state index in [0.717, 1.165) is 0 Å². The monoisotopic (exact) mass is 188 g/mol. The van der Waals surface area contributed by atoms with Crippen molar-refractivity contribution in [1.82, 2.24) is 0 Å². The van der Waals surface area contributed by atoms with Gasteiger partial charge in [0.05, 0.1) is 0 Å². The minimum absolute atomic E-state index is 0.0813. The molecular formula is C9H16O4. The molecule has 0 aromatic heterocycles. The fourth-order valence-electron chi connectivity index (χ4n) is 0.951. The molecule has 4 nitrogen and oxygen atoms in total. The average molecular weight is 188 g/mol. The molecule has 0 radical (unpaired) electrons. The van der Waals surface area contributed by atoms with Gasteiger partial charge in [0.2, 0.25) is 0 Å². The highest BCUT2D eigenvalue weighted by atomic mass is 16.7. The maximum atomic E-state index is 10.5. The smallest absolute Gasteiger partial charge is 0.331 e. The van der Waals surface area contributed by atoms with Gasteiger partial charge in [-0.25, -0.2) is 4.79 Å². The lowest BCUT2D eigenvalue weighted by atomic mass is 10.1. The Morgan fingerprint density at radius 2 is 2.15 bits per heavy atom. The summed E-state index contributed by atoms with van der Waals surface area (Å²) in [6, 6.07) is 0. The van der Waals surface area contributed by atoms with Crippen LogP contribution in [-0.2, 0) is 14.3 Å². The third-order valence-corrected chi connectivity index (χ3v) is 1.72. The van der Waals surface area contributed by atoms with Crippen LogP contribution < -0.4 is 0 Å². The number of aliphatic carboxylic acids is 1. The number of ether oxygens (including phenoxy) is 2. The van der Waals surface area contributed by atoms with Gasteiger partial charge >= 0.3 is 5.97 Å². The van der Waals surface area contributed by atoms with Gasteiger partial charge in [-0.05, 0) is 13.8 Å². The Morgan fingerprint density at radius 3 is 2.46 bits per heavy atom. The quantitative estimate of drug-likeness (QED) is 0.506. The van der Waals surface area contributed by atoms with Crippen LogP contribution in [0, 0.1) is 0 Å². The molecular weight excluding hydrogens is 172 g/mol. The van der Waals surface area contributed by atoms with Crippen molar-refractivity contribution in [2.45, 2.75) is 26.1 Å². The third kappa shape index (κ3) is 4.05. The first kappa shape index (κ1) is 12.1. The van der Waals surface area contributed by atoms with Crippen molar-refractivity contribution in [3.8, 4) is 0 Å². The summed E-state index contributed by atoms with van der Waals surface area (Å²) in [7, 11) is 1.48. The minimum atomic E-state index is -1.03. The van der Waals surface area contributed by atoms with E-state index in [1.54, 1.807) is 6.92 Å². The second-order valence-electron chi connectivity index (χ2n) is 2.86. The van der Waals surface area contributed by atoms with E-state index in [1.165, 1.54) is 7.11 Å². The van der Waals surface area contributed by atoms with E-state index < -0.39 is 11.8 Å². The molecule has 76 valence electrons. The highest BCUT2D eigenvalue weighted by Gasteiger charge is 2.26. The summed E-state index contributed by atoms with van der Waals surface area (Å²) in [6.45, 7) is 7.38. The molecule has 0 heterocycles. The summed E-state index contributed by atoms with van der Waals surface area (Å²) in [5, 5.41) is 8.60. The topological polar surface area (TPSA) is 55.8 Å². The van der Waals surface area contributed by atoms with E-state index in [-0.39, 0.29) is 12.0 Å². The number of carbonyl (C=O) groups is 1. The van der Waals surface area contributed by atoms with E-state index in [2.05, 4.69) is 6.58 Å². The van der Waals surface area contributed by atoms with E-state index in [4.69, 9.17) is 14.6 Å². The first-order valence-electron chi connectivity index (χ1n) is 4.05. The molecule has 0 aromatic carbocycles. The van der Waals surface area contributed by atoms with Crippen LogP contribution >= 0.6 is 0 Å². The van der Waals surface area contributed by atoms with Gasteiger partial charge in [0, 0.05) is 25.7 Å². The molecule has 0 saturated heterocycles. The predicted molar refractivity (Wildman–Crippen MR) is 48.4 cm³/mol. The van der Waals surface area contributed by atoms with Crippen molar-refractivity contribution in [2.24, 2.45) is 0 Å². The highest BCUT2D eigenvalue weighted by Crippen LogP contribution is 2.20. The van der Waals surface area contributed by atoms with E-state index >= 15 is 0 Å². The summed E-state index contributed by atoms with van der Waals surface area (Å²) < 4.78 is 10.3. The molecule has 0 rings (SSSR count). The zero-order valence-electron chi connectivity index (χ0n) is 8.29. The van der Waals surface area contributed by atoms with Crippen molar-refractivity contribution in [2.75, 3.05) is 13.7 Å². The molecule has 1 N–H and O–H groups in total. The lowest BCUT2D eigenvalue weighted by Gasteiger charge is -2.27. The fourth-order valence-corrected chi connectivity index (χ4v) is 0.951. The Balaban J connectivity index is 4.26. The van der Waals surface area contributed by atoms with Crippen LogP contribution in [0.25, 0.3) is 0 Å². The Bertz CT molecular complexity index is 200. The Hall–Kier alpha value is -0.870. The van der Waals surface area contributed by atoms with Crippen LogP contribution in [0.5, 0.6) is 0 Å². The van der Waals surface area contributed by atoms with E-state index in [0.29, 0.717) is 6.61 Å². The summed E-state index contributed by atoms with van der Waals surface area (Å²) in [6.07, 6.45) is 0.159. The van der Waals surface area contributed by atoms with Crippen molar-refractivity contribution in [3.05, 3.63) is 12.2 Å². The van der Waals surface area contributed by atoms with Gasteiger partial charge in [0.25, 0.3) is 0 Å². The normalized spacial score (nSPS) is 15.0. The van der Waals surface area contributed by atoms with Crippen LogP contribution in [0.2, 0.25) is 0 Å². The first-order chi connectivity index (χ1) is 5.95. The summed E-state index contributed by atoms with van der Waals surface area (Å²) in [4.78, 5) is 10.5. The molecule has 0 aliphatic carbocycles. The Morgan fingerprint density at radius 1 is 1.62 bits per heavy atom. The zero-order valence-corrected chi connectivity index (χ0v) is 8.29. The lowest BCUT2D eigenvalue weighted by Crippen LogP contribution is -2.32. The molecule has 0 bridgehead atoms. The number of carboxylic acids is 1. The number of rotatable bonds is 6. The largest absolute Gasteiger partial charge is 0.478 e. The molecule has 0 saturated carbocycles. The van der Waals surface area contributed by atoms with E-state index in [9.17, 15) is 4.79 Å². The second-order valence-corrected chi connectivity index (χ2v) is 2.86. The molecule has 4 heteroatoms. The first-order valence-corrected chi connectivity index (χ1v) is 4.05. The number of hydrogen-bond donors (Lipinski definition) is 1.